The number of benzene rings is 2. The van der Waals surface area contributed by atoms with E-state index in [0.717, 1.165) is 41.9 Å². The van der Waals surface area contributed by atoms with Crippen LogP contribution in [0.25, 0.3) is 0 Å². The number of hydrogen-bond acceptors (Lipinski definition) is 5. The minimum absolute atomic E-state index is 0.0222. The standard InChI is InChI=1S/C32H42F2N4O4/c1-4-10-37(11-5-2)32(41)26-16-25(31(35)40)20-38(42,21-26)29(15-24-13-27(33)17-28(34)14-24)30(39)19-36-18-23-9-7-8-22(6-3)12-23/h7-9,12-14,16-17,20,29-30,36,39H,4-6,10-11,15,18-19,21H2,1-3H3,(H2,35,40)/t29-,30+,38?/m0/s1. The Labute approximate surface area is 246 Å². The third kappa shape index (κ3) is 8.78. The number of nitrogens with zero attached hydrogens (tertiary/aromatic N) is 2. The Morgan fingerprint density at radius 2 is 1.69 bits per heavy atom. The van der Waals surface area contributed by atoms with Gasteiger partial charge in [0.15, 0.2) is 0 Å². The first-order valence-electron chi connectivity index (χ1n) is 14.5. The first-order chi connectivity index (χ1) is 20.0. The van der Waals surface area contributed by atoms with Crippen molar-refractivity contribution < 1.29 is 28.1 Å². The lowest BCUT2D eigenvalue weighted by Crippen LogP contribution is -2.58. The van der Waals surface area contributed by atoms with E-state index in [4.69, 9.17) is 5.73 Å². The maximum atomic E-state index is 14.6. The molecule has 4 N–H and O–H groups in total. The molecular formula is C32H42F2N4O4. The van der Waals surface area contributed by atoms with Gasteiger partial charge in [-0.3, -0.25) is 9.59 Å². The van der Waals surface area contributed by atoms with E-state index in [-0.39, 0.29) is 42.1 Å². The van der Waals surface area contributed by atoms with Crippen LogP contribution in [0, 0.1) is 16.8 Å². The molecule has 0 aliphatic carbocycles. The zero-order valence-electron chi connectivity index (χ0n) is 24.6. The van der Waals surface area contributed by atoms with Gasteiger partial charge in [-0.05, 0) is 54.2 Å². The van der Waals surface area contributed by atoms with Crippen molar-refractivity contribution >= 4 is 11.8 Å². The van der Waals surface area contributed by atoms with E-state index in [1.165, 1.54) is 6.08 Å². The van der Waals surface area contributed by atoms with Crippen LogP contribution in [0.2, 0.25) is 0 Å². The van der Waals surface area contributed by atoms with Crippen molar-refractivity contribution in [2.75, 3.05) is 26.2 Å². The quantitative estimate of drug-likeness (QED) is 0.217. The number of nitrogens with one attached hydrogen (secondary N) is 1. The third-order valence-electron chi connectivity index (χ3n) is 7.39. The molecule has 3 rings (SSSR count). The predicted molar refractivity (Wildman–Crippen MR) is 158 cm³/mol. The lowest BCUT2D eigenvalue weighted by molar-refractivity contribution is -0.856. The maximum Gasteiger partial charge on any atom is 0.255 e. The molecule has 1 aliphatic rings. The van der Waals surface area contributed by atoms with Crippen LogP contribution in [0.1, 0.15) is 50.3 Å². The molecule has 2 aromatic rings. The molecular weight excluding hydrogens is 542 g/mol. The van der Waals surface area contributed by atoms with Gasteiger partial charge in [-0.15, -0.1) is 0 Å². The number of aliphatic hydroxyl groups excluding tert-OH is 1. The van der Waals surface area contributed by atoms with Crippen LogP contribution in [0.5, 0.6) is 0 Å². The molecule has 2 amide bonds. The Kier molecular flexibility index (Phi) is 11.9. The minimum Gasteiger partial charge on any atom is -0.627 e. The molecule has 0 fully saturated rings. The highest BCUT2D eigenvalue weighted by Gasteiger charge is 2.40. The molecule has 2 aromatic carbocycles. The summed E-state index contributed by atoms with van der Waals surface area (Å²) >= 11 is 0. The van der Waals surface area contributed by atoms with E-state index >= 15 is 0 Å². The van der Waals surface area contributed by atoms with Gasteiger partial charge >= 0.3 is 0 Å². The van der Waals surface area contributed by atoms with Crippen LogP contribution < -0.4 is 11.1 Å². The fraction of sp³-hybridized carbons (Fsp3) is 0.438. The van der Waals surface area contributed by atoms with Gasteiger partial charge in [0.1, 0.15) is 36.5 Å². The van der Waals surface area contributed by atoms with E-state index in [2.05, 4.69) is 12.2 Å². The summed E-state index contributed by atoms with van der Waals surface area (Å²) in [6, 6.07) is 9.66. The first kappa shape index (κ1) is 33.1. The molecule has 10 heteroatoms. The summed E-state index contributed by atoms with van der Waals surface area (Å²) in [6.45, 7) is 6.88. The Morgan fingerprint density at radius 3 is 2.29 bits per heavy atom. The molecule has 0 radical (unpaired) electrons. The minimum atomic E-state index is -1.31. The number of nitrogens with two attached hydrogens (primary N) is 1. The van der Waals surface area contributed by atoms with Crippen molar-refractivity contribution in [3.63, 3.8) is 0 Å². The van der Waals surface area contributed by atoms with E-state index < -0.39 is 34.3 Å². The van der Waals surface area contributed by atoms with Gasteiger partial charge in [0, 0.05) is 38.7 Å². The van der Waals surface area contributed by atoms with E-state index in [0.29, 0.717) is 32.5 Å². The average Bonchev–Trinajstić information content (AvgIpc) is 2.94. The van der Waals surface area contributed by atoms with Crippen LogP contribution in [0.3, 0.4) is 0 Å². The number of aliphatic hydroxyl groups is 1. The molecule has 228 valence electrons. The summed E-state index contributed by atoms with van der Waals surface area (Å²) in [5, 5.41) is 29.2. The van der Waals surface area contributed by atoms with E-state index in [1.807, 2.05) is 38.1 Å². The second-order valence-electron chi connectivity index (χ2n) is 10.8. The van der Waals surface area contributed by atoms with Crippen molar-refractivity contribution in [1.82, 2.24) is 10.2 Å². The van der Waals surface area contributed by atoms with Crippen LogP contribution >= 0.6 is 0 Å². The molecule has 0 spiro atoms. The Hall–Kier alpha value is -3.44. The number of carbonyl (C=O) groups excluding carboxylic acids is 2. The molecule has 1 aliphatic heterocycles. The average molecular weight is 585 g/mol. The van der Waals surface area contributed by atoms with E-state index in [9.17, 15) is 28.7 Å². The summed E-state index contributed by atoms with van der Waals surface area (Å²) in [5.41, 5.74) is 7.84. The second-order valence-corrected chi connectivity index (χ2v) is 10.8. The van der Waals surface area contributed by atoms with Crippen molar-refractivity contribution in [1.29, 1.82) is 0 Å². The smallest absolute Gasteiger partial charge is 0.255 e. The normalized spacial score (nSPS) is 18.2. The van der Waals surface area contributed by atoms with Crippen LogP contribution in [0.4, 0.5) is 8.78 Å². The number of hydroxylamine groups is 3. The lowest BCUT2D eigenvalue weighted by atomic mass is 9.95. The Bertz CT molecular complexity index is 1290. The first-order valence-corrected chi connectivity index (χ1v) is 14.5. The van der Waals surface area contributed by atoms with Gasteiger partial charge in [0.25, 0.3) is 11.8 Å². The molecule has 0 bridgehead atoms. The zero-order chi connectivity index (χ0) is 30.9. The molecule has 42 heavy (non-hydrogen) atoms. The monoisotopic (exact) mass is 584 g/mol. The van der Waals surface area contributed by atoms with Gasteiger partial charge in [-0.2, -0.15) is 0 Å². The van der Waals surface area contributed by atoms with Gasteiger partial charge in [0.2, 0.25) is 0 Å². The van der Waals surface area contributed by atoms with Gasteiger partial charge < -0.3 is 30.9 Å². The predicted octanol–water partition coefficient (Wildman–Crippen LogP) is 3.86. The number of amides is 2. The molecule has 0 aromatic heterocycles. The zero-order valence-corrected chi connectivity index (χ0v) is 24.6. The second kappa shape index (κ2) is 15.2. The molecule has 1 heterocycles. The van der Waals surface area contributed by atoms with Crippen LogP contribution in [-0.4, -0.2) is 64.8 Å². The summed E-state index contributed by atoms with van der Waals surface area (Å²) in [4.78, 5) is 27.4. The van der Waals surface area contributed by atoms with Gasteiger partial charge in [-0.25, -0.2) is 8.78 Å². The molecule has 8 nitrogen and oxygen atoms in total. The highest BCUT2D eigenvalue weighted by Crippen LogP contribution is 2.30. The van der Waals surface area contributed by atoms with Crippen molar-refractivity contribution in [3.05, 3.63) is 99.4 Å². The summed E-state index contributed by atoms with van der Waals surface area (Å²) < 4.78 is 26.9. The maximum absolute atomic E-state index is 14.6. The summed E-state index contributed by atoms with van der Waals surface area (Å²) in [7, 11) is 0. The third-order valence-corrected chi connectivity index (χ3v) is 7.39. The Morgan fingerprint density at radius 1 is 1.05 bits per heavy atom. The number of aryl methyl sites for hydroxylation is 1. The van der Waals surface area contributed by atoms with Crippen LogP contribution in [0.15, 0.2) is 65.9 Å². The van der Waals surface area contributed by atoms with Gasteiger partial charge in [0.05, 0.1) is 11.1 Å². The largest absolute Gasteiger partial charge is 0.627 e. The van der Waals surface area contributed by atoms with Crippen molar-refractivity contribution in [3.8, 4) is 0 Å². The fourth-order valence-electron chi connectivity index (χ4n) is 5.36. The number of quaternary nitrogens is 1. The van der Waals surface area contributed by atoms with Crippen molar-refractivity contribution in [2.45, 2.75) is 65.1 Å². The summed E-state index contributed by atoms with van der Waals surface area (Å²) in [6.07, 6.45) is 3.17. The van der Waals surface area contributed by atoms with E-state index in [1.54, 1.807) is 4.90 Å². The fourth-order valence-corrected chi connectivity index (χ4v) is 5.36. The molecule has 1 unspecified atom stereocenters. The van der Waals surface area contributed by atoms with Crippen LogP contribution in [-0.2, 0) is 29.0 Å². The number of primary amides is 1. The topological polar surface area (TPSA) is 119 Å². The highest BCUT2D eigenvalue weighted by atomic mass is 19.1. The molecule has 0 saturated heterocycles. The SMILES string of the molecule is CCCN(CCC)C(=O)C1=CC(C(N)=O)=C[N+]([O-])([C@@H](Cc2cc(F)cc(F)c2)[C@H](O)CNCc2cccc(CC)c2)C1. The molecule has 0 saturated carbocycles. The Balaban J connectivity index is 1.95. The lowest BCUT2D eigenvalue weighted by Gasteiger charge is -2.49. The number of hydrogen-bond donors (Lipinski definition) is 3. The number of carbonyl (C=O) groups is 2. The van der Waals surface area contributed by atoms with Gasteiger partial charge in [-0.1, -0.05) is 45.0 Å². The van der Waals surface area contributed by atoms with Crippen molar-refractivity contribution in [2.24, 2.45) is 5.73 Å². The highest BCUT2D eigenvalue weighted by molar-refractivity contribution is 6.00. The molecule has 3 atom stereocenters. The summed E-state index contributed by atoms with van der Waals surface area (Å²) in [5.74, 6) is -2.91. The number of rotatable bonds is 15. The number of halogens is 2.